The van der Waals surface area contributed by atoms with E-state index in [1.807, 2.05) is 18.2 Å². The lowest BCUT2D eigenvalue weighted by atomic mass is 9.90. The first kappa shape index (κ1) is 36.7. The van der Waals surface area contributed by atoms with Gasteiger partial charge >= 0.3 is 0 Å². The van der Waals surface area contributed by atoms with Crippen molar-refractivity contribution in [3.8, 4) is 11.3 Å². The minimum atomic E-state index is -0.453. The molecule has 0 spiro atoms. The number of benzene rings is 1. The number of fused-ring (bicyclic) bond motifs is 3. The summed E-state index contributed by atoms with van der Waals surface area (Å²) in [6.45, 7) is 15.2. The molecular weight excluding hydrogens is 699 g/mol. The average molecular weight is 748 g/mol. The van der Waals surface area contributed by atoms with Gasteiger partial charge < -0.3 is 34.9 Å². The minimum Gasteiger partial charge on any atom is -0.392 e. The third-order valence-corrected chi connectivity index (χ3v) is 11.5. The molecule has 2 saturated heterocycles. The number of carbonyl (C=O) groups is 2. The summed E-state index contributed by atoms with van der Waals surface area (Å²) in [6, 6.07) is 10.0. The van der Waals surface area contributed by atoms with Crippen LogP contribution in [-0.4, -0.2) is 92.8 Å². The molecule has 14 heteroatoms. The Morgan fingerprint density at radius 2 is 1.93 bits per heavy atom. The molecule has 2 fully saturated rings. The summed E-state index contributed by atoms with van der Waals surface area (Å²) in [6.07, 6.45) is 8.25. The van der Waals surface area contributed by atoms with Gasteiger partial charge in [0.25, 0.3) is 11.5 Å². The number of amides is 2. The van der Waals surface area contributed by atoms with Crippen LogP contribution in [0, 0.1) is 5.41 Å². The largest absolute Gasteiger partial charge is 0.392 e. The number of H-pyrrole nitrogens is 1. The first-order chi connectivity index (χ1) is 26.5. The molecule has 1 aromatic carbocycles. The Kier molecular flexibility index (Phi) is 9.82. The van der Waals surface area contributed by atoms with Gasteiger partial charge in [0.2, 0.25) is 5.91 Å². The second kappa shape index (κ2) is 14.7. The van der Waals surface area contributed by atoms with E-state index in [1.165, 1.54) is 23.5 Å². The smallest absolute Gasteiger partial charge is 0.291 e. The maximum absolute atomic E-state index is 13.9. The Labute approximate surface area is 320 Å². The standard InChI is InChI=1S/C41H49N9O5/c1-5-36(52)45-31-19-27(6-7-33(31)48-13-12-47(23-25(48)2)28-9-16-55-17-10-28)44-37-39(53)43-22-32(46-37)29-8-11-42-38(30(29)24-51)50-15-14-49-34(40(50)54)18-26-20-41(3,4)21-35(26)49/h5-8,11,18-19,22,25,28,51H,1,9-10,12-17,20-21,23-24H2,2-4H3,(H,43,53)(H,44,46)(H,45,52). The molecule has 3 aromatic heterocycles. The predicted octanol–water partition coefficient (Wildman–Crippen LogP) is 4.47. The zero-order chi connectivity index (χ0) is 38.4. The van der Waals surface area contributed by atoms with Crippen molar-refractivity contribution in [2.75, 3.05) is 59.8 Å². The van der Waals surface area contributed by atoms with Crippen molar-refractivity contribution < 1.29 is 19.4 Å². The molecule has 0 bridgehead atoms. The fraction of sp³-hybridized carbons (Fsp3) is 0.439. The molecule has 0 radical (unpaired) electrons. The number of piperazine rings is 1. The van der Waals surface area contributed by atoms with E-state index in [-0.39, 0.29) is 29.1 Å². The molecule has 6 heterocycles. The fourth-order valence-corrected chi connectivity index (χ4v) is 8.86. The number of nitrogens with one attached hydrogen (secondary N) is 3. The molecule has 2 amide bonds. The lowest BCUT2D eigenvalue weighted by Gasteiger charge is -2.45. The number of aromatic amines is 1. The van der Waals surface area contributed by atoms with Crippen LogP contribution in [-0.2, 0) is 35.5 Å². The van der Waals surface area contributed by atoms with Crippen LogP contribution in [0.2, 0.25) is 0 Å². The van der Waals surface area contributed by atoms with E-state index in [4.69, 9.17) is 4.74 Å². The van der Waals surface area contributed by atoms with Crippen LogP contribution in [0.5, 0.6) is 0 Å². The molecule has 55 heavy (non-hydrogen) atoms. The van der Waals surface area contributed by atoms with Crippen LogP contribution in [0.15, 0.2) is 60.2 Å². The zero-order valence-corrected chi connectivity index (χ0v) is 31.7. The first-order valence-corrected chi connectivity index (χ1v) is 19.2. The van der Waals surface area contributed by atoms with Crippen molar-refractivity contribution in [3.63, 3.8) is 0 Å². The summed E-state index contributed by atoms with van der Waals surface area (Å²) in [5.74, 6) is -0.117. The van der Waals surface area contributed by atoms with Crippen LogP contribution in [0.1, 0.15) is 60.9 Å². The first-order valence-electron chi connectivity index (χ1n) is 19.2. The van der Waals surface area contributed by atoms with Crippen molar-refractivity contribution in [3.05, 3.63) is 88.2 Å². The molecule has 1 atom stereocenters. The number of ether oxygens (including phenoxy) is 1. The fourth-order valence-electron chi connectivity index (χ4n) is 8.86. The second-order valence-corrected chi connectivity index (χ2v) is 15.8. The summed E-state index contributed by atoms with van der Waals surface area (Å²) in [5.41, 5.74) is 6.17. The quantitative estimate of drug-likeness (QED) is 0.180. The van der Waals surface area contributed by atoms with Crippen molar-refractivity contribution in [1.82, 2.24) is 24.4 Å². The number of aromatic nitrogens is 4. The number of hydrogen-bond donors (Lipinski definition) is 4. The molecule has 3 aliphatic heterocycles. The molecule has 4 aromatic rings. The minimum absolute atomic E-state index is 0.0243. The summed E-state index contributed by atoms with van der Waals surface area (Å²) in [7, 11) is 0. The number of carbonyl (C=O) groups excluding carboxylic acids is 2. The predicted molar refractivity (Wildman–Crippen MR) is 212 cm³/mol. The highest BCUT2D eigenvalue weighted by Crippen LogP contribution is 2.40. The van der Waals surface area contributed by atoms with E-state index in [2.05, 4.69) is 67.3 Å². The zero-order valence-electron chi connectivity index (χ0n) is 31.7. The van der Waals surface area contributed by atoms with E-state index in [0.717, 1.165) is 64.2 Å². The molecule has 14 nitrogen and oxygen atoms in total. The summed E-state index contributed by atoms with van der Waals surface area (Å²) in [5, 5.41) is 16.8. The van der Waals surface area contributed by atoms with Crippen molar-refractivity contribution >= 4 is 40.5 Å². The number of anilines is 5. The number of rotatable bonds is 9. The number of hydrogen-bond acceptors (Lipinski definition) is 10. The van der Waals surface area contributed by atoms with Crippen LogP contribution >= 0.6 is 0 Å². The highest BCUT2D eigenvalue weighted by Gasteiger charge is 2.38. The monoisotopic (exact) mass is 747 g/mol. The third-order valence-electron chi connectivity index (χ3n) is 11.5. The summed E-state index contributed by atoms with van der Waals surface area (Å²) >= 11 is 0. The molecule has 288 valence electrons. The normalized spacial score (nSPS) is 19.9. The van der Waals surface area contributed by atoms with Crippen LogP contribution < -0.4 is 26.0 Å². The Hall–Kier alpha value is -5.31. The maximum atomic E-state index is 13.9. The third kappa shape index (κ3) is 7.05. The maximum Gasteiger partial charge on any atom is 0.291 e. The number of pyridine rings is 1. The highest BCUT2D eigenvalue weighted by atomic mass is 16.5. The topological polar surface area (TPSA) is 161 Å². The van der Waals surface area contributed by atoms with Gasteiger partial charge in [0.05, 0.1) is 23.7 Å². The van der Waals surface area contributed by atoms with E-state index >= 15 is 0 Å². The Morgan fingerprint density at radius 1 is 1.11 bits per heavy atom. The van der Waals surface area contributed by atoms with Gasteiger partial charge in [0.15, 0.2) is 5.82 Å². The highest BCUT2D eigenvalue weighted by molar-refractivity contribution is 6.06. The SMILES string of the molecule is C=CC(=O)Nc1cc(Nc2nc(-c3ccnc(N4CCn5c(cc6c5CC(C)(C)C6)C4=O)c3CO)c[nH]c2=O)ccc1N1CCN(C2CCOCC2)CC1C. The van der Waals surface area contributed by atoms with Gasteiger partial charge in [-0.05, 0) is 80.0 Å². The van der Waals surface area contributed by atoms with Gasteiger partial charge in [0, 0.05) is 92.9 Å². The van der Waals surface area contributed by atoms with Gasteiger partial charge in [-0.3, -0.25) is 24.2 Å². The lowest BCUT2D eigenvalue weighted by Crippen LogP contribution is -2.56. The van der Waals surface area contributed by atoms with E-state index in [9.17, 15) is 19.5 Å². The summed E-state index contributed by atoms with van der Waals surface area (Å²) in [4.78, 5) is 58.2. The van der Waals surface area contributed by atoms with Gasteiger partial charge in [-0.1, -0.05) is 20.4 Å². The van der Waals surface area contributed by atoms with Crippen molar-refractivity contribution in [1.29, 1.82) is 0 Å². The van der Waals surface area contributed by atoms with E-state index in [1.54, 1.807) is 23.2 Å². The molecule has 4 N–H and O–H groups in total. The van der Waals surface area contributed by atoms with Crippen LogP contribution in [0.3, 0.4) is 0 Å². The second-order valence-electron chi connectivity index (χ2n) is 15.8. The van der Waals surface area contributed by atoms with Gasteiger partial charge in [-0.25, -0.2) is 9.97 Å². The van der Waals surface area contributed by atoms with Crippen molar-refractivity contribution in [2.24, 2.45) is 5.41 Å². The molecule has 1 unspecified atom stereocenters. The molecular formula is C41H49N9O5. The summed E-state index contributed by atoms with van der Waals surface area (Å²) < 4.78 is 7.72. The molecule has 1 aliphatic carbocycles. The van der Waals surface area contributed by atoms with Crippen LogP contribution in [0.4, 0.5) is 28.7 Å². The van der Waals surface area contributed by atoms with E-state index in [0.29, 0.717) is 58.8 Å². The number of nitrogens with zero attached hydrogens (tertiary/aromatic N) is 6. The van der Waals surface area contributed by atoms with Gasteiger partial charge in [-0.2, -0.15) is 0 Å². The number of aliphatic hydroxyl groups excluding tert-OH is 1. The van der Waals surface area contributed by atoms with Crippen LogP contribution in [0.25, 0.3) is 11.3 Å². The Balaban J connectivity index is 1.05. The van der Waals surface area contributed by atoms with Gasteiger partial charge in [0.1, 0.15) is 11.5 Å². The van der Waals surface area contributed by atoms with E-state index < -0.39 is 12.2 Å². The molecule has 8 rings (SSSR count). The molecule has 4 aliphatic rings. The van der Waals surface area contributed by atoms with Gasteiger partial charge in [-0.15, -0.1) is 0 Å². The number of aliphatic hydroxyl groups is 1. The average Bonchev–Trinajstić information content (AvgIpc) is 3.68. The van der Waals surface area contributed by atoms with Crippen molar-refractivity contribution in [2.45, 2.75) is 71.7 Å². The lowest BCUT2D eigenvalue weighted by molar-refractivity contribution is -0.111. The Morgan fingerprint density at radius 3 is 2.69 bits per heavy atom. The molecule has 0 saturated carbocycles. The Bertz CT molecular complexity index is 2200.